The van der Waals surface area contributed by atoms with Crippen LogP contribution in [0, 0.1) is 23.1 Å². The molecule has 2 aliphatic heterocycles. The van der Waals surface area contributed by atoms with Crippen LogP contribution in [0.1, 0.15) is 62.0 Å². The third-order valence-corrected chi connectivity index (χ3v) is 6.95. The van der Waals surface area contributed by atoms with Gasteiger partial charge in [0.2, 0.25) is 5.95 Å². The van der Waals surface area contributed by atoms with E-state index in [-0.39, 0.29) is 11.5 Å². The predicted octanol–water partition coefficient (Wildman–Crippen LogP) is 4.78. The van der Waals surface area contributed by atoms with Crippen LogP contribution in [0.2, 0.25) is 0 Å². The van der Waals surface area contributed by atoms with E-state index in [4.69, 9.17) is 0 Å². The van der Waals surface area contributed by atoms with E-state index in [1.807, 2.05) is 6.07 Å². The number of nitrogens with one attached hydrogen (secondary N) is 2. The van der Waals surface area contributed by atoms with Gasteiger partial charge in [0.05, 0.1) is 17.3 Å². The molecule has 2 saturated heterocycles. The van der Waals surface area contributed by atoms with Gasteiger partial charge in [0.15, 0.2) is 0 Å². The van der Waals surface area contributed by atoms with Crippen LogP contribution in [0.4, 0.5) is 21.8 Å². The van der Waals surface area contributed by atoms with Crippen molar-refractivity contribution in [2.75, 3.05) is 30.3 Å². The Bertz CT molecular complexity index is 981. The van der Waals surface area contributed by atoms with Crippen LogP contribution in [0.15, 0.2) is 24.4 Å². The van der Waals surface area contributed by atoms with Gasteiger partial charge in [-0.25, -0.2) is 9.37 Å². The zero-order valence-electron chi connectivity index (χ0n) is 17.8. The molecule has 3 heterocycles. The molecule has 162 valence electrons. The van der Waals surface area contributed by atoms with Gasteiger partial charge in [0, 0.05) is 18.8 Å². The summed E-state index contributed by atoms with van der Waals surface area (Å²) in [5, 5.41) is 15.9. The zero-order valence-corrected chi connectivity index (χ0v) is 17.8. The zero-order chi connectivity index (χ0) is 21.2. The number of rotatable bonds is 6. The Morgan fingerprint density at radius 3 is 2.84 bits per heavy atom. The monoisotopic (exact) mass is 420 g/mol. The Hall–Kier alpha value is -2.72. The van der Waals surface area contributed by atoms with Crippen LogP contribution in [0.25, 0.3) is 0 Å². The normalized spacial score (nSPS) is 23.6. The molecule has 0 bridgehead atoms. The molecule has 3 fully saturated rings. The molecule has 5 rings (SSSR count). The number of benzene rings is 1. The van der Waals surface area contributed by atoms with E-state index in [0.717, 1.165) is 30.8 Å². The molecule has 2 unspecified atom stereocenters. The molecule has 2 aromatic rings. The summed E-state index contributed by atoms with van der Waals surface area (Å²) in [7, 11) is 0. The lowest BCUT2D eigenvalue weighted by molar-refractivity contribution is 0.0649. The average Bonchev–Trinajstić information content (AvgIpc) is 3.64. The van der Waals surface area contributed by atoms with E-state index in [2.05, 4.69) is 31.6 Å². The van der Waals surface area contributed by atoms with Crippen LogP contribution >= 0.6 is 0 Å². The minimum atomic E-state index is -0.373. The van der Waals surface area contributed by atoms with Crippen molar-refractivity contribution in [3.63, 3.8) is 0 Å². The van der Waals surface area contributed by atoms with E-state index in [9.17, 15) is 9.65 Å². The first-order valence-electron chi connectivity index (χ1n) is 11.5. The van der Waals surface area contributed by atoms with E-state index >= 15 is 0 Å². The summed E-state index contributed by atoms with van der Waals surface area (Å²) in [5.41, 5.74) is 1.57. The molecule has 0 radical (unpaired) electrons. The number of nitrogens with zero attached hydrogens (tertiary/aromatic N) is 4. The minimum Gasteiger partial charge on any atom is -0.370 e. The van der Waals surface area contributed by atoms with Crippen molar-refractivity contribution in [3.8, 4) is 6.07 Å². The second kappa shape index (κ2) is 8.80. The third-order valence-electron chi connectivity index (χ3n) is 6.95. The van der Waals surface area contributed by atoms with Crippen LogP contribution in [0.3, 0.4) is 0 Å². The van der Waals surface area contributed by atoms with E-state index in [1.165, 1.54) is 51.3 Å². The van der Waals surface area contributed by atoms with Crippen LogP contribution in [-0.2, 0) is 0 Å². The number of nitriles is 1. The molecule has 1 aliphatic carbocycles. The number of anilines is 3. The predicted molar refractivity (Wildman–Crippen MR) is 119 cm³/mol. The first kappa shape index (κ1) is 20.2. The Balaban J connectivity index is 1.26. The van der Waals surface area contributed by atoms with Crippen molar-refractivity contribution in [2.24, 2.45) is 5.92 Å². The van der Waals surface area contributed by atoms with Gasteiger partial charge in [-0.3, -0.25) is 0 Å². The molecular formula is C24H29FN6. The van der Waals surface area contributed by atoms with E-state index in [0.29, 0.717) is 29.4 Å². The molecule has 1 saturated carbocycles. The van der Waals surface area contributed by atoms with E-state index < -0.39 is 0 Å². The van der Waals surface area contributed by atoms with Gasteiger partial charge in [-0.2, -0.15) is 10.2 Å². The van der Waals surface area contributed by atoms with Gasteiger partial charge in [-0.05, 0) is 87.2 Å². The standard InChI is InChI=1S/C24H29FN6/c25-20-13-19(16-6-7-16)18(14-26)12-21(20)29-24-27-9-8-23(30-24)28-15-17-4-3-11-31-10-2-1-5-22(17)31/h8-9,12-13,16-17,22H,1-7,10-11,15H2,(H2,27,28,29,30). The molecule has 1 aromatic carbocycles. The van der Waals surface area contributed by atoms with Gasteiger partial charge in [-0.1, -0.05) is 6.42 Å². The number of fused-ring (bicyclic) bond motifs is 1. The lowest BCUT2D eigenvalue weighted by Crippen LogP contribution is -2.49. The quantitative estimate of drug-likeness (QED) is 0.700. The van der Waals surface area contributed by atoms with Gasteiger partial charge in [-0.15, -0.1) is 0 Å². The summed E-state index contributed by atoms with van der Waals surface area (Å²) in [5.74, 6) is 1.64. The van der Waals surface area contributed by atoms with Crippen molar-refractivity contribution < 1.29 is 4.39 Å². The molecular weight excluding hydrogens is 391 g/mol. The van der Waals surface area contributed by atoms with Gasteiger partial charge >= 0.3 is 0 Å². The first-order valence-corrected chi connectivity index (χ1v) is 11.5. The fraction of sp³-hybridized carbons (Fsp3) is 0.542. The maximum atomic E-state index is 14.6. The van der Waals surface area contributed by atoms with Crippen molar-refractivity contribution in [3.05, 3.63) is 41.3 Å². The largest absolute Gasteiger partial charge is 0.370 e. The first-order chi connectivity index (χ1) is 15.2. The minimum absolute atomic E-state index is 0.239. The number of aromatic nitrogens is 2. The summed E-state index contributed by atoms with van der Waals surface area (Å²) in [6.45, 7) is 3.36. The molecule has 7 heteroatoms. The molecule has 3 aliphatic rings. The lowest BCUT2D eigenvalue weighted by Gasteiger charge is -2.44. The average molecular weight is 421 g/mol. The highest BCUT2D eigenvalue weighted by Crippen LogP contribution is 2.42. The lowest BCUT2D eigenvalue weighted by atomic mass is 9.83. The molecule has 6 nitrogen and oxygen atoms in total. The van der Waals surface area contributed by atoms with Crippen LogP contribution < -0.4 is 10.6 Å². The molecule has 0 amide bonds. The van der Waals surface area contributed by atoms with Gasteiger partial charge in [0.1, 0.15) is 11.6 Å². The highest BCUT2D eigenvalue weighted by atomic mass is 19.1. The second-order valence-electron chi connectivity index (χ2n) is 9.08. The topological polar surface area (TPSA) is 76.9 Å². The molecule has 2 N–H and O–H groups in total. The van der Waals surface area contributed by atoms with Crippen molar-refractivity contribution in [2.45, 2.75) is 56.9 Å². The number of hydrogen-bond acceptors (Lipinski definition) is 6. The molecule has 2 atom stereocenters. The fourth-order valence-corrected chi connectivity index (χ4v) is 5.20. The summed E-state index contributed by atoms with van der Waals surface area (Å²) in [4.78, 5) is 11.4. The summed E-state index contributed by atoms with van der Waals surface area (Å²) in [6.07, 6.45) is 10.2. The number of hydrogen-bond donors (Lipinski definition) is 2. The molecule has 1 aromatic heterocycles. The van der Waals surface area contributed by atoms with Crippen molar-refractivity contribution >= 4 is 17.5 Å². The third kappa shape index (κ3) is 4.49. The number of halogens is 1. The maximum Gasteiger partial charge on any atom is 0.229 e. The highest BCUT2D eigenvalue weighted by Gasteiger charge is 2.32. The maximum absolute atomic E-state index is 14.6. The Labute approximate surface area is 182 Å². The van der Waals surface area contributed by atoms with Crippen LogP contribution in [-0.4, -0.2) is 40.5 Å². The smallest absolute Gasteiger partial charge is 0.229 e. The molecule has 31 heavy (non-hydrogen) atoms. The van der Waals surface area contributed by atoms with E-state index in [1.54, 1.807) is 12.3 Å². The van der Waals surface area contributed by atoms with Gasteiger partial charge < -0.3 is 15.5 Å². The Kier molecular flexibility index (Phi) is 5.73. The van der Waals surface area contributed by atoms with Crippen molar-refractivity contribution in [1.29, 1.82) is 5.26 Å². The van der Waals surface area contributed by atoms with Crippen molar-refractivity contribution in [1.82, 2.24) is 14.9 Å². The summed E-state index contributed by atoms with van der Waals surface area (Å²) < 4.78 is 14.6. The highest BCUT2D eigenvalue weighted by molar-refractivity contribution is 5.61. The fourth-order valence-electron chi connectivity index (χ4n) is 5.20. The SMILES string of the molecule is N#Cc1cc(Nc2nccc(NCC3CCCN4CCCCC34)n2)c(F)cc1C1CC1. The Morgan fingerprint density at radius 2 is 2.00 bits per heavy atom. The summed E-state index contributed by atoms with van der Waals surface area (Å²) >= 11 is 0. The van der Waals surface area contributed by atoms with Crippen LogP contribution in [0.5, 0.6) is 0 Å². The molecule has 0 spiro atoms. The second-order valence-corrected chi connectivity index (χ2v) is 9.08. The van der Waals surface area contributed by atoms with Gasteiger partial charge in [0.25, 0.3) is 0 Å². The Morgan fingerprint density at radius 1 is 1.13 bits per heavy atom. The number of piperidine rings is 2. The summed E-state index contributed by atoms with van der Waals surface area (Å²) in [6, 6.07) is 7.78.